The fraction of sp³-hybridized carbons (Fsp3) is 0.259. The Morgan fingerprint density at radius 1 is 1.03 bits per heavy atom. The van der Waals surface area contributed by atoms with Gasteiger partial charge in [0.05, 0.1) is 19.0 Å². The fourth-order valence-corrected chi connectivity index (χ4v) is 3.68. The number of pyridine rings is 1. The first-order chi connectivity index (χ1) is 17.7. The van der Waals surface area contributed by atoms with Gasteiger partial charge < -0.3 is 26.2 Å². The summed E-state index contributed by atoms with van der Waals surface area (Å²) in [6, 6.07) is 13.2. The standard InChI is InChI=1S/C27H29FN4O5/c1-17-10-12-30-24(13-17)29-11-2-3-25(34)31-16-26(35)32-22(15-27(36)37)19-6-4-18(5-7-19)21-9-8-20(28)14-23(21)33/h4-10,12-14,22,33H,2-3,11,15-16H2,1H3,(H,29,30)(H,31,34)(H,32,35)(H,36,37). The minimum atomic E-state index is -1.11. The molecule has 194 valence electrons. The Balaban J connectivity index is 1.49. The number of hydrogen-bond acceptors (Lipinski definition) is 6. The highest BCUT2D eigenvalue weighted by Gasteiger charge is 2.19. The number of carboxylic acids is 1. The fourth-order valence-electron chi connectivity index (χ4n) is 3.68. The Morgan fingerprint density at radius 3 is 2.46 bits per heavy atom. The van der Waals surface area contributed by atoms with Gasteiger partial charge in [0.2, 0.25) is 11.8 Å². The molecule has 0 aliphatic carbocycles. The number of carboxylic acid groups (broad SMARTS) is 1. The predicted molar refractivity (Wildman–Crippen MR) is 136 cm³/mol. The summed E-state index contributed by atoms with van der Waals surface area (Å²) in [6.07, 6.45) is 2.09. The number of phenols is 1. The zero-order valence-electron chi connectivity index (χ0n) is 20.3. The molecule has 0 radical (unpaired) electrons. The van der Waals surface area contributed by atoms with Crippen molar-refractivity contribution in [3.63, 3.8) is 0 Å². The van der Waals surface area contributed by atoms with Crippen molar-refractivity contribution in [1.29, 1.82) is 0 Å². The number of hydrogen-bond donors (Lipinski definition) is 5. The zero-order chi connectivity index (χ0) is 26.8. The number of aryl methyl sites for hydroxylation is 1. The number of nitrogens with zero attached hydrogens (tertiary/aromatic N) is 1. The van der Waals surface area contributed by atoms with Crippen LogP contribution in [0.15, 0.2) is 60.8 Å². The maximum atomic E-state index is 13.3. The molecule has 1 atom stereocenters. The van der Waals surface area contributed by atoms with Crippen LogP contribution in [-0.4, -0.2) is 46.1 Å². The Kier molecular flexibility index (Phi) is 9.54. The van der Waals surface area contributed by atoms with E-state index >= 15 is 0 Å². The van der Waals surface area contributed by atoms with Gasteiger partial charge in [-0.25, -0.2) is 9.37 Å². The molecule has 0 saturated heterocycles. The van der Waals surface area contributed by atoms with E-state index in [0.717, 1.165) is 17.4 Å². The van der Waals surface area contributed by atoms with Crippen molar-refractivity contribution in [1.82, 2.24) is 15.6 Å². The van der Waals surface area contributed by atoms with Crippen LogP contribution in [0.2, 0.25) is 0 Å². The Bertz CT molecular complexity index is 1250. The summed E-state index contributed by atoms with van der Waals surface area (Å²) in [5.41, 5.74) is 2.62. The number of benzene rings is 2. The summed E-state index contributed by atoms with van der Waals surface area (Å²) in [6.45, 7) is 2.22. The van der Waals surface area contributed by atoms with Crippen molar-refractivity contribution in [3.8, 4) is 16.9 Å². The number of aliphatic carboxylic acids is 1. The molecule has 0 saturated carbocycles. The molecular weight excluding hydrogens is 479 g/mol. The number of halogens is 1. The first kappa shape index (κ1) is 27.1. The normalized spacial score (nSPS) is 11.4. The molecule has 5 N–H and O–H groups in total. The zero-order valence-corrected chi connectivity index (χ0v) is 20.3. The van der Waals surface area contributed by atoms with Crippen molar-refractivity contribution in [3.05, 3.63) is 77.7 Å². The van der Waals surface area contributed by atoms with Gasteiger partial charge in [-0.1, -0.05) is 24.3 Å². The number of phenolic OH excluding ortho intramolecular Hbond substituents is 1. The first-order valence-electron chi connectivity index (χ1n) is 11.7. The van der Waals surface area contributed by atoms with E-state index in [1.807, 2.05) is 19.1 Å². The molecule has 0 spiro atoms. The molecule has 0 aliphatic rings. The Morgan fingerprint density at radius 2 is 1.78 bits per heavy atom. The van der Waals surface area contributed by atoms with Gasteiger partial charge >= 0.3 is 5.97 Å². The number of carbonyl (C=O) groups excluding carboxylic acids is 2. The summed E-state index contributed by atoms with van der Waals surface area (Å²) >= 11 is 0. The summed E-state index contributed by atoms with van der Waals surface area (Å²) in [5, 5.41) is 27.6. The number of nitrogens with one attached hydrogen (secondary N) is 3. The molecule has 37 heavy (non-hydrogen) atoms. The van der Waals surface area contributed by atoms with Crippen LogP contribution in [-0.2, 0) is 14.4 Å². The molecule has 0 bridgehead atoms. The van der Waals surface area contributed by atoms with Crippen molar-refractivity contribution in [2.24, 2.45) is 0 Å². The Labute approximate surface area is 213 Å². The van der Waals surface area contributed by atoms with Crippen LogP contribution in [0.25, 0.3) is 11.1 Å². The van der Waals surface area contributed by atoms with Crippen LogP contribution >= 0.6 is 0 Å². The lowest BCUT2D eigenvalue weighted by Gasteiger charge is -2.18. The molecule has 3 rings (SSSR count). The van der Waals surface area contributed by atoms with Gasteiger partial charge in [0, 0.05) is 30.8 Å². The van der Waals surface area contributed by atoms with Gasteiger partial charge in [-0.2, -0.15) is 0 Å². The van der Waals surface area contributed by atoms with Crippen molar-refractivity contribution in [2.75, 3.05) is 18.4 Å². The minimum Gasteiger partial charge on any atom is -0.507 e. The summed E-state index contributed by atoms with van der Waals surface area (Å²) in [4.78, 5) is 40.1. The second kappa shape index (κ2) is 13.0. The predicted octanol–water partition coefficient (Wildman–Crippen LogP) is 3.54. The smallest absolute Gasteiger partial charge is 0.305 e. The van der Waals surface area contributed by atoms with Crippen LogP contribution in [0.4, 0.5) is 10.2 Å². The maximum Gasteiger partial charge on any atom is 0.305 e. The minimum absolute atomic E-state index is 0.211. The van der Waals surface area contributed by atoms with Gasteiger partial charge in [0.15, 0.2) is 0 Å². The van der Waals surface area contributed by atoms with Gasteiger partial charge in [0.1, 0.15) is 17.4 Å². The lowest BCUT2D eigenvalue weighted by atomic mass is 9.98. The molecule has 10 heteroatoms. The molecule has 3 aromatic rings. The van der Waals surface area contributed by atoms with E-state index in [9.17, 15) is 29.0 Å². The first-order valence-corrected chi connectivity index (χ1v) is 11.7. The molecular formula is C27H29FN4O5. The summed E-state index contributed by atoms with van der Waals surface area (Å²) in [7, 11) is 0. The Hall–Kier alpha value is -4.47. The largest absolute Gasteiger partial charge is 0.507 e. The molecule has 1 heterocycles. The average Bonchev–Trinajstić information content (AvgIpc) is 2.85. The third-order valence-electron chi connectivity index (χ3n) is 5.55. The van der Waals surface area contributed by atoms with E-state index in [1.54, 1.807) is 30.5 Å². The van der Waals surface area contributed by atoms with Crippen LogP contribution in [0, 0.1) is 12.7 Å². The number of rotatable bonds is 12. The lowest BCUT2D eigenvalue weighted by Crippen LogP contribution is -2.39. The summed E-state index contributed by atoms with van der Waals surface area (Å²) < 4.78 is 13.3. The van der Waals surface area contributed by atoms with E-state index in [1.165, 1.54) is 12.1 Å². The number of carbonyl (C=O) groups is 3. The highest BCUT2D eigenvalue weighted by atomic mass is 19.1. The van der Waals surface area contributed by atoms with Crippen LogP contribution in [0.3, 0.4) is 0 Å². The second-order valence-corrected chi connectivity index (χ2v) is 8.53. The van der Waals surface area contributed by atoms with E-state index < -0.39 is 23.7 Å². The molecule has 2 aromatic carbocycles. The number of amides is 2. The van der Waals surface area contributed by atoms with Crippen LogP contribution in [0.1, 0.15) is 36.4 Å². The third kappa shape index (κ3) is 8.60. The average molecular weight is 509 g/mol. The van der Waals surface area contributed by atoms with Gasteiger partial charge in [-0.15, -0.1) is 0 Å². The SMILES string of the molecule is Cc1ccnc(NCCCC(=O)NCC(=O)NC(CC(=O)O)c2ccc(-c3ccc(F)cc3O)cc2)c1. The van der Waals surface area contributed by atoms with Crippen molar-refractivity contribution in [2.45, 2.75) is 32.2 Å². The molecule has 1 unspecified atom stereocenters. The van der Waals surface area contributed by atoms with Gasteiger partial charge in [-0.05, 0) is 54.3 Å². The quantitative estimate of drug-likeness (QED) is 0.236. The van der Waals surface area contributed by atoms with E-state index in [-0.39, 0.29) is 31.0 Å². The lowest BCUT2D eigenvalue weighted by molar-refractivity contribution is -0.138. The molecule has 0 aliphatic heterocycles. The molecule has 0 fully saturated rings. The van der Waals surface area contributed by atoms with Crippen LogP contribution < -0.4 is 16.0 Å². The second-order valence-electron chi connectivity index (χ2n) is 8.53. The monoisotopic (exact) mass is 508 g/mol. The van der Waals surface area contributed by atoms with E-state index in [2.05, 4.69) is 20.9 Å². The summed E-state index contributed by atoms with van der Waals surface area (Å²) in [5.74, 6) is -1.99. The van der Waals surface area contributed by atoms with E-state index in [0.29, 0.717) is 29.7 Å². The highest BCUT2D eigenvalue weighted by molar-refractivity contribution is 5.85. The van der Waals surface area contributed by atoms with Crippen molar-refractivity contribution >= 4 is 23.6 Å². The highest BCUT2D eigenvalue weighted by Crippen LogP contribution is 2.30. The molecule has 9 nitrogen and oxygen atoms in total. The van der Waals surface area contributed by atoms with Gasteiger partial charge in [0.25, 0.3) is 0 Å². The van der Waals surface area contributed by atoms with Gasteiger partial charge in [-0.3, -0.25) is 14.4 Å². The topological polar surface area (TPSA) is 141 Å². The number of anilines is 1. The van der Waals surface area contributed by atoms with Crippen molar-refractivity contribution < 1.29 is 29.0 Å². The molecule has 2 amide bonds. The molecule has 1 aromatic heterocycles. The maximum absolute atomic E-state index is 13.3. The van der Waals surface area contributed by atoms with Crippen LogP contribution in [0.5, 0.6) is 5.75 Å². The van der Waals surface area contributed by atoms with E-state index in [4.69, 9.17) is 0 Å². The number of aromatic hydroxyl groups is 1. The number of aromatic nitrogens is 1. The third-order valence-corrected chi connectivity index (χ3v) is 5.55.